The van der Waals surface area contributed by atoms with Crippen LogP contribution < -0.4 is 5.73 Å². The fraction of sp³-hybridized carbons (Fsp3) is 0.600. The molecule has 1 atom stereocenters. The number of nitrogen functional groups attached to an aromatic ring is 1. The number of anilines is 1. The van der Waals surface area contributed by atoms with Gasteiger partial charge in [0, 0.05) is 12.6 Å². The van der Waals surface area contributed by atoms with E-state index in [-0.39, 0.29) is 0 Å². The van der Waals surface area contributed by atoms with Gasteiger partial charge in [-0.2, -0.15) is 0 Å². The topological polar surface area (TPSA) is 29.3 Å². The predicted octanol–water partition coefficient (Wildman–Crippen LogP) is 4.32. The molecule has 0 fully saturated rings. The van der Waals surface area contributed by atoms with Crippen molar-refractivity contribution in [1.29, 1.82) is 0 Å². The number of hydrogen-bond acceptors (Lipinski definition) is 2. The van der Waals surface area contributed by atoms with Crippen LogP contribution in [0.5, 0.6) is 0 Å². The fourth-order valence-corrected chi connectivity index (χ4v) is 2.18. The van der Waals surface area contributed by atoms with E-state index in [1.54, 1.807) is 0 Å². The van der Waals surface area contributed by atoms with Gasteiger partial charge in [-0.15, -0.1) is 0 Å². The molecule has 0 bridgehead atoms. The number of nitrogens with zero attached hydrogens (tertiary/aromatic N) is 1. The van der Waals surface area contributed by atoms with Crippen LogP contribution in [0.4, 0.5) is 5.69 Å². The van der Waals surface area contributed by atoms with Crippen molar-refractivity contribution >= 4 is 17.3 Å². The van der Waals surface area contributed by atoms with Crippen LogP contribution in [-0.2, 0) is 6.54 Å². The first-order chi connectivity index (χ1) is 8.58. The van der Waals surface area contributed by atoms with Gasteiger partial charge in [0.2, 0.25) is 0 Å². The second-order valence-electron chi connectivity index (χ2n) is 4.94. The first kappa shape index (κ1) is 15.3. The van der Waals surface area contributed by atoms with E-state index >= 15 is 0 Å². The van der Waals surface area contributed by atoms with Crippen molar-refractivity contribution in [3.8, 4) is 0 Å². The van der Waals surface area contributed by atoms with Crippen LogP contribution >= 0.6 is 11.6 Å². The highest BCUT2D eigenvalue weighted by molar-refractivity contribution is 6.33. The molecule has 1 rings (SSSR count). The van der Waals surface area contributed by atoms with Crippen LogP contribution in [-0.4, -0.2) is 17.5 Å². The van der Waals surface area contributed by atoms with Gasteiger partial charge in [0.05, 0.1) is 10.7 Å². The molecule has 0 heterocycles. The summed E-state index contributed by atoms with van der Waals surface area (Å²) in [6.07, 6.45) is 3.65. The number of hydrogen-bond donors (Lipinski definition) is 1. The molecular weight excluding hydrogens is 244 g/mol. The quantitative estimate of drug-likeness (QED) is 0.746. The molecular formula is C15H25ClN2. The first-order valence-electron chi connectivity index (χ1n) is 6.86. The molecule has 0 aromatic heterocycles. The Hall–Kier alpha value is -0.730. The van der Waals surface area contributed by atoms with Gasteiger partial charge in [-0.1, -0.05) is 37.9 Å². The number of halogens is 1. The van der Waals surface area contributed by atoms with Gasteiger partial charge in [0.15, 0.2) is 0 Å². The number of rotatable bonds is 7. The van der Waals surface area contributed by atoms with Gasteiger partial charge in [0.25, 0.3) is 0 Å². The Morgan fingerprint density at radius 1 is 1.33 bits per heavy atom. The van der Waals surface area contributed by atoms with Crippen molar-refractivity contribution in [3.05, 3.63) is 28.8 Å². The standard InChI is InChI=1S/C15H25ClN2/c1-4-6-9-18(12(3)5-2)11-13-7-8-15(17)14(16)10-13/h7-8,10,12H,4-6,9,11,17H2,1-3H3. The molecule has 0 aliphatic heterocycles. The first-order valence-corrected chi connectivity index (χ1v) is 7.24. The lowest BCUT2D eigenvalue weighted by Crippen LogP contribution is -2.33. The molecule has 0 aliphatic rings. The summed E-state index contributed by atoms with van der Waals surface area (Å²) >= 11 is 6.07. The molecule has 1 aromatic rings. The average molecular weight is 269 g/mol. The van der Waals surface area contributed by atoms with Crippen LogP contribution in [0.1, 0.15) is 45.6 Å². The lowest BCUT2D eigenvalue weighted by molar-refractivity contribution is 0.192. The van der Waals surface area contributed by atoms with Gasteiger partial charge in [-0.3, -0.25) is 4.90 Å². The van der Waals surface area contributed by atoms with Crippen LogP contribution in [0.2, 0.25) is 5.02 Å². The molecule has 0 aliphatic carbocycles. The third kappa shape index (κ3) is 4.51. The van der Waals surface area contributed by atoms with Crippen LogP contribution in [0, 0.1) is 0 Å². The molecule has 0 radical (unpaired) electrons. The Morgan fingerprint density at radius 2 is 2.06 bits per heavy atom. The Labute approximate surface area is 116 Å². The summed E-state index contributed by atoms with van der Waals surface area (Å²) in [6, 6.07) is 6.56. The molecule has 2 nitrogen and oxygen atoms in total. The van der Waals surface area contributed by atoms with Crippen LogP contribution in [0.25, 0.3) is 0 Å². The van der Waals surface area contributed by atoms with Gasteiger partial charge in [-0.05, 0) is 44.0 Å². The second-order valence-corrected chi connectivity index (χ2v) is 5.34. The summed E-state index contributed by atoms with van der Waals surface area (Å²) in [5.74, 6) is 0. The van der Waals surface area contributed by atoms with E-state index in [4.69, 9.17) is 17.3 Å². The minimum Gasteiger partial charge on any atom is -0.398 e. The zero-order chi connectivity index (χ0) is 13.5. The number of nitrogens with two attached hydrogens (primary N) is 1. The normalized spacial score (nSPS) is 12.9. The van der Waals surface area contributed by atoms with Crippen molar-refractivity contribution in [1.82, 2.24) is 4.90 Å². The van der Waals surface area contributed by atoms with E-state index in [9.17, 15) is 0 Å². The lowest BCUT2D eigenvalue weighted by atomic mass is 10.1. The predicted molar refractivity (Wildman–Crippen MR) is 80.9 cm³/mol. The Kier molecular flexibility index (Phi) is 6.51. The van der Waals surface area contributed by atoms with Crippen molar-refractivity contribution < 1.29 is 0 Å². The number of benzene rings is 1. The van der Waals surface area contributed by atoms with Crippen molar-refractivity contribution in [2.24, 2.45) is 0 Å². The summed E-state index contributed by atoms with van der Waals surface area (Å²) in [4.78, 5) is 2.52. The molecule has 3 heteroatoms. The van der Waals surface area contributed by atoms with Gasteiger partial charge < -0.3 is 5.73 Å². The fourth-order valence-electron chi connectivity index (χ4n) is 1.98. The van der Waals surface area contributed by atoms with Gasteiger partial charge in [0.1, 0.15) is 0 Å². The average Bonchev–Trinajstić information content (AvgIpc) is 2.37. The van der Waals surface area contributed by atoms with Crippen molar-refractivity contribution in [3.63, 3.8) is 0 Å². The molecule has 0 saturated carbocycles. The lowest BCUT2D eigenvalue weighted by Gasteiger charge is -2.28. The smallest absolute Gasteiger partial charge is 0.0638 e. The van der Waals surface area contributed by atoms with E-state index in [0.717, 1.165) is 13.1 Å². The highest BCUT2D eigenvalue weighted by Crippen LogP contribution is 2.21. The summed E-state index contributed by atoms with van der Waals surface area (Å²) in [5.41, 5.74) is 7.64. The van der Waals surface area contributed by atoms with Crippen molar-refractivity contribution in [2.45, 2.75) is 52.6 Å². The molecule has 102 valence electrons. The highest BCUT2D eigenvalue weighted by Gasteiger charge is 2.12. The molecule has 1 aromatic carbocycles. The Morgan fingerprint density at radius 3 is 2.61 bits per heavy atom. The minimum atomic E-state index is 0.605. The third-order valence-electron chi connectivity index (χ3n) is 3.46. The Balaban J connectivity index is 2.71. The molecule has 0 amide bonds. The second kappa shape index (κ2) is 7.65. The van der Waals surface area contributed by atoms with Crippen LogP contribution in [0.15, 0.2) is 18.2 Å². The SMILES string of the molecule is CCCCN(Cc1ccc(N)c(Cl)c1)C(C)CC. The van der Waals surface area contributed by atoms with E-state index in [1.165, 1.54) is 24.8 Å². The Bertz CT molecular complexity index is 366. The highest BCUT2D eigenvalue weighted by atomic mass is 35.5. The van der Waals surface area contributed by atoms with E-state index in [1.807, 2.05) is 12.1 Å². The maximum Gasteiger partial charge on any atom is 0.0638 e. The van der Waals surface area contributed by atoms with Gasteiger partial charge >= 0.3 is 0 Å². The largest absolute Gasteiger partial charge is 0.398 e. The summed E-state index contributed by atoms with van der Waals surface area (Å²) in [5, 5.41) is 0.659. The van der Waals surface area contributed by atoms with E-state index in [0.29, 0.717) is 16.8 Å². The number of unbranched alkanes of at least 4 members (excludes halogenated alkanes) is 1. The van der Waals surface area contributed by atoms with Crippen LogP contribution in [0.3, 0.4) is 0 Å². The van der Waals surface area contributed by atoms with Crippen molar-refractivity contribution in [2.75, 3.05) is 12.3 Å². The van der Waals surface area contributed by atoms with Gasteiger partial charge in [-0.25, -0.2) is 0 Å². The maximum absolute atomic E-state index is 6.07. The molecule has 2 N–H and O–H groups in total. The molecule has 0 spiro atoms. The molecule has 0 saturated heterocycles. The van der Waals surface area contributed by atoms with E-state index < -0.39 is 0 Å². The van der Waals surface area contributed by atoms with E-state index in [2.05, 4.69) is 31.7 Å². The zero-order valence-corrected chi connectivity index (χ0v) is 12.5. The molecule has 1 unspecified atom stereocenters. The molecule has 18 heavy (non-hydrogen) atoms. The maximum atomic E-state index is 6.07. The zero-order valence-electron chi connectivity index (χ0n) is 11.7. The summed E-state index contributed by atoms with van der Waals surface area (Å²) < 4.78 is 0. The summed E-state index contributed by atoms with van der Waals surface area (Å²) in [7, 11) is 0. The monoisotopic (exact) mass is 268 g/mol. The summed E-state index contributed by atoms with van der Waals surface area (Å²) in [6.45, 7) is 8.85. The third-order valence-corrected chi connectivity index (χ3v) is 3.79. The minimum absolute atomic E-state index is 0.605.